The van der Waals surface area contributed by atoms with Crippen molar-refractivity contribution in [3.05, 3.63) is 164 Å². The molecule has 0 bridgehead atoms. The third-order valence-corrected chi connectivity index (χ3v) is 9.06. The number of benzene rings is 2. The van der Waals surface area contributed by atoms with Crippen LogP contribution in [0.3, 0.4) is 0 Å². The fraction of sp³-hybridized carbons (Fsp3) is 0.0556. The average molecular weight is 816 g/mol. The minimum atomic E-state index is -0.990. The van der Waals surface area contributed by atoms with Crippen LogP contribution in [0.1, 0.15) is 32.1 Å². The molecule has 276 valence electrons. The first-order valence-electron chi connectivity index (χ1n) is 15.9. The van der Waals surface area contributed by atoms with Gasteiger partial charge in [0, 0.05) is 43.6 Å². The number of nitrogens with zero attached hydrogens (tertiary/aromatic N) is 9. The van der Waals surface area contributed by atoms with Gasteiger partial charge in [-0.05, 0) is 48.5 Å². The molecule has 8 aromatic rings. The molecule has 0 aliphatic heterocycles. The second-order valence-corrected chi connectivity index (χ2v) is 12.8. The average Bonchev–Trinajstić information content (AvgIpc) is 3.90. The first-order valence-corrected chi connectivity index (χ1v) is 17.4. The fourth-order valence-corrected chi connectivity index (χ4v) is 6.03. The number of imidazole rings is 2. The predicted octanol–water partition coefficient (Wildman–Crippen LogP) is 6.62. The van der Waals surface area contributed by atoms with Crippen LogP contribution in [0.4, 0.5) is 0 Å². The number of carbonyl (C=O) groups excluding carboxylic acids is 1. The molecule has 55 heavy (non-hydrogen) atoms. The van der Waals surface area contributed by atoms with Gasteiger partial charge in [0.05, 0.1) is 38.4 Å². The highest BCUT2D eigenvalue weighted by Gasteiger charge is 2.13. The number of carbonyl (C=O) groups is 2. The van der Waals surface area contributed by atoms with Crippen molar-refractivity contribution in [3.8, 4) is 0 Å². The smallest absolute Gasteiger partial charge is 0.354 e. The zero-order valence-corrected chi connectivity index (χ0v) is 31.1. The van der Waals surface area contributed by atoms with Crippen LogP contribution in [0.2, 0.25) is 20.1 Å². The zero-order chi connectivity index (χ0) is 38.9. The van der Waals surface area contributed by atoms with Crippen LogP contribution in [0.25, 0.3) is 22.3 Å². The summed E-state index contributed by atoms with van der Waals surface area (Å²) in [5.41, 5.74) is 4.63. The number of aromatic nitrogens is 10. The summed E-state index contributed by atoms with van der Waals surface area (Å²) in [5, 5.41) is 18.3. The van der Waals surface area contributed by atoms with E-state index in [2.05, 4.69) is 44.9 Å². The van der Waals surface area contributed by atoms with Crippen LogP contribution < -0.4 is 11.0 Å². The van der Waals surface area contributed by atoms with Crippen molar-refractivity contribution in [2.24, 2.45) is 4.99 Å². The van der Waals surface area contributed by atoms with E-state index in [4.69, 9.17) is 56.9 Å². The van der Waals surface area contributed by atoms with Crippen LogP contribution in [0, 0.1) is 5.41 Å². The van der Waals surface area contributed by atoms with Crippen molar-refractivity contribution in [1.29, 1.82) is 5.41 Å². The van der Waals surface area contributed by atoms with E-state index in [-0.39, 0.29) is 22.4 Å². The number of nitrogens with one attached hydrogen (secondary N) is 3. The van der Waals surface area contributed by atoms with Gasteiger partial charge in [-0.1, -0.05) is 70.7 Å². The molecule has 2 aromatic carbocycles. The van der Waals surface area contributed by atoms with E-state index < -0.39 is 11.9 Å². The van der Waals surface area contributed by atoms with Crippen LogP contribution >= 0.6 is 46.4 Å². The number of fused-ring (bicyclic) bond motifs is 2. The quantitative estimate of drug-likeness (QED) is 0.142. The van der Waals surface area contributed by atoms with Crippen molar-refractivity contribution in [2.45, 2.75) is 13.1 Å². The van der Waals surface area contributed by atoms with E-state index >= 15 is 0 Å². The van der Waals surface area contributed by atoms with E-state index in [9.17, 15) is 9.59 Å². The summed E-state index contributed by atoms with van der Waals surface area (Å²) in [6.07, 6.45) is 9.15. The van der Waals surface area contributed by atoms with Gasteiger partial charge < -0.3 is 24.2 Å². The Morgan fingerprint density at radius 3 is 1.62 bits per heavy atom. The molecule has 0 aliphatic carbocycles. The highest BCUT2D eigenvalue weighted by Crippen LogP contribution is 2.26. The Kier molecular flexibility index (Phi) is 12.4. The molecule has 0 saturated carbocycles. The predicted molar refractivity (Wildman–Crippen MR) is 206 cm³/mol. The lowest BCUT2D eigenvalue weighted by molar-refractivity contribution is 0.0690. The van der Waals surface area contributed by atoms with Gasteiger partial charge in [-0.3, -0.25) is 15.2 Å². The number of hydrogen-bond acceptors (Lipinski definition) is 9. The van der Waals surface area contributed by atoms with Crippen molar-refractivity contribution in [3.63, 3.8) is 0 Å². The molecule has 0 unspecified atom stereocenters. The van der Waals surface area contributed by atoms with E-state index in [0.717, 1.165) is 11.1 Å². The van der Waals surface area contributed by atoms with Gasteiger partial charge in [-0.25, -0.2) is 29.7 Å². The van der Waals surface area contributed by atoms with Crippen molar-refractivity contribution < 1.29 is 14.7 Å². The Morgan fingerprint density at radius 2 is 1.13 bits per heavy atom. The van der Waals surface area contributed by atoms with Gasteiger partial charge >= 0.3 is 5.97 Å². The molecule has 1 amide bonds. The summed E-state index contributed by atoms with van der Waals surface area (Å²) in [6, 6.07) is 20.5. The molecule has 0 radical (unpaired) electrons. The van der Waals surface area contributed by atoms with Crippen molar-refractivity contribution in [2.75, 3.05) is 0 Å². The standard InChI is InChI=1S/C18H12Cl2N6O.C12H9Cl2N5.C6H5NO2/c19-12-4-3-5-13(20)11(12)8-26-10-24-16(15-17(26)23-9-22-15)25-18(27)14-6-1-2-7-21-14;13-8-2-1-3-9(14)7(8)4-19-6-18-11(15)10-12(19)17-5-16-10;8-6(9)5-3-1-2-4-7-5/h1-7,9-10H,8H2,(H,22,23);1-3,5-6,15H,4H2,(H,16,17);1-4H,(H,8,9). The van der Waals surface area contributed by atoms with E-state index in [1.54, 1.807) is 88.5 Å². The fourth-order valence-electron chi connectivity index (χ4n) is 4.99. The SMILES string of the molecule is N=c1ncn(Cc2c(Cl)cccc2Cl)c2nc[nH]c12.O=C(N=c1ncn(Cc2c(Cl)cccc2Cl)c2nc[nH]c12)c1ccccn1.O=C(O)c1ccccn1. The largest absolute Gasteiger partial charge is 0.477 e. The van der Waals surface area contributed by atoms with Gasteiger partial charge in [-0.2, -0.15) is 4.99 Å². The maximum absolute atomic E-state index is 12.3. The number of aromatic carboxylic acids is 1. The Balaban J connectivity index is 0.000000159. The van der Waals surface area contributed by atoms with Crippen LogP contribution in [0.15, 0.2) is 115 Å². The summed E-state index contributed by atoms with van der Waals surface area (Å²) >= 11 is 24.8. The molecule has 19 heteroatoms. The molecule has 8 rings (SSSR count). The maximum atomic E-state index is 12.3. The minimum absolute atomic E-state index is 0.0810. The normalized spacial score (nSPS) is 11.1. The van der Waals surface area contributed by atoms with Gasteiger partial charge in [0.25, 0.3) is 5.91 Å². The second kappa shape index (κ2) is 17.7. The third-order valence-electron chi connectivity index (χ3n) is 7.64. The maximum Gasteiger partial charge on any atom is 0.354 e. The Hall–Kier alpha value is -6.26. The Bertz CT molecular complexity index is 2710. The van der Waals surface area contributed by atoms with Crippen LogP contribution in [-0.4, -0.2) is 66.0 Å². The third kappa shape index (κ3) is 9.28. The highest BCUT2D eigenvalue weighted by molar-refractivity contribution is 6.36. The Morgan fingerprint density at radius 1 is 0.636 bits per heavy atom. The van der Waals surface area contributed by atoms with Gasteiger partial charge in [0.2, 0.25) is 0 Å². The lowest BCUT2D eigenvalue weighted by atomic mass is 10.2. The summed E-state index contributed by atoms with van der Waals surface area (Å²) in [6.45, 7) is 0.828. The number of halogens is 4. The molecule has 15 nitrogen and oxygen atoms in total. The second-order valence-electron chi connectivity index (χ2n) is 11.2. The summed E-state index contributed by atoms with van der Waals surface area (Å²) in [4.78, 5) is 56.8. The number of pyridine rings is 2. The highest BCUT2D eigenvalue weighted by atomic mass is 35.5. The summed E-state index contributed by atoms with van der Waals surface area (Å²) in [5.74, 6) is -1.47. The molecule has 0 atom stereocenters. The number of H-pyrrole nitrogens is 2. The molecule has 4 N–H and O–H groups in total. The monoisotopic (exact) mass is 814 g/mol. The first kappa shape index (κ1) is 38.5. The number of amides is 1. The summed E-state index contributed by atoms with van der Waals surface area (Å²) < 4.78 is 3.58. The van der Waals surface area contributed by atoms with Crippen molar-refractivity contribution >= 4 is 80.6 Å². The molecular weight excluding hydrogens is 790 g/mol. The van der Waals surface area contributed by atoms with Gasteiger partial charge in [-0.15, -0.1) is 0 Å². The van der Waals surface area contributed by atoms with Crippen LogP contribution in [-0.2, 0) is 13.1 Å². The molecule has 0 spiro atoms. The van der Waals surface area contributed by atoms with Gasteiger partial charge in [0.1, 0.15) is 22.4 Å². The van der Waals surface area contributed by atoms with E-state index in [1.807, 2.05) is 0 Å². The number of hydrogen-bond donors (Lipinski definition) is 4. The number of aromatic amines is 2. The molecular formula is C36H26Cl4N12O3. The lowest BCUT2D eigenvalue weighted by Gasteiger charge is -2.10. The zero-order valence-electron chi connectivity index (χ0n) is 28.1. The van der Waals surface area contributed by atoms with Crippen molar-refractivity contribution in [1.82, 2.24) is 49.0 Å². The minimum Gasteiger partial charge on any atom is -0.477 e. The van der Waals surface area contributed by atoms with Crippen LogP contribution in [0.5, 0.6) is 0 Å². The lowest BCUT2D eigenvalue weighted by Crippen LogP contribution is -2.17. The summed E-state index contributed by atoms with van der Waals surface area (Å²) in [7, 11) is 0. The molecule has 0 aliphatic rings. The number of carboxylic acids is 1. The molecule has 6 heterocycles. The number of rotatable bonds is 6. The molecule has 0 saturated heterocycles. The Labute approximate surface area is 330 Å². The molecule has 6 aromatic heterocycles. The van der Waals surface area contributed by atoms with Gasteiger partial charge in [0.15, 0.2) is 22.3 Å². The van der Waals surface area contributed by atoms with E-state index in [0.29, 0.717) is 55.5 Å². The van der Waals surface area contributed by atoms with E-state index in [1.165, 1.54) is 31.1 Å². The number of carboxylic acid groups (broad SMARTS) is 1. The topological polar surface area (TPSA) is 209 Å². The molecule has 0 fully saturated rings. The first-order chi connectivity index (χ1) is 26.6.